The third-order valence-electron chi connectivity index (χ3n) is 7.97. The van der Waals surface area contributed by atoms with Gasteiger partial charge in [-0.05, 0) is 44.9 Å². The lowest BCUT2D eigenvalue weighted by molar-refractivity contribution is -0.134. The number of para-hydroxylation sites is 1. The molecule has 3 saturated heterocycles. The van der Waals surface area contributed by atoms with Gasteiger partial charge in [0.2, 0.25) is 11.8 Å². The number of ether oxygens (including phenoxy) is 3. The summed E-state index contributed by atoms with van der Waals surface area (Å²) < 4.78 is 17.9. The first-order valence-electron chi connectivity index (χ1n) is 13.5. The SMILES string of the molecule is CN1CCN2C(=O)c3ccccc3OCC[C@@H]3CC[C@@H](NC(=O)C4CCOCC4)[C@@H](CNC(=O)[C@@H]2C1)O3. The van der Waals surface area contributed by atoms with Crippen LogP contribution >= 0.6 is 0 Å². The van der Waals surface area contributed by atoms with Crippen LogP contribution in [-0.2, 0) is 19.1 Å². The summed E-state index contributed by atoms with van der Waals surface area (Å²) in [6, 6.07) is 6.41. The first-order valence-corrected chi connectivity index (χ1v) is 13.5. The van der Waals surface area contributed by atoms with Gasteiger partial charge < -0.3 is 34.6 Å². The molecule has 0 saturated carbocycles. The number of hydrogen-bond donors (Lipinski definition) is 2. The van der Waals surface area contributed by atoms with E-state index in [0.29, 0.717) is 57.2 Å². The lowest BCUT2D eigenvalue weighted by Crippen LogP contribution is -2.61. The Bertz CT molecular complexity index is 983. The highest BCUT2D eigenvalue weighted by Gasteiger charge is 2.38. The van der Waals surface area contributed by atoms with Crippen LogP contribution in [0.25, 0.3) is 0 Å². The summed E-state index contributed by atoms with van der Waals surface area (Å²) in [5, 5.41) is 6.25. The van der Waals surface area contributed by atoms with Crippen molar-refractivity contribution in [3.8, 4) is 5.75 Å². The molecule has 2 bridgehead atoms. The fourth-order valence-corrected chi connectivity index (χ4v) is 5.72. The van der Waals surface area contributed by atoms with Gasteiger partial charge in [0.05, 0.1) is 30.4 Å². The highest BCUT2D eigenvalue weighted by Crippen LogP contribution is 2.26. The summed E-state index contributed by atoms with van der Waals surface area (Å²) in [5.74, 6) is 0.100. The average molecular weight is 515 g/mol. The highest BCUT2D eigenvalue weighted by molar-refractivity contribution is 6.00. The van der Waals surface area contributed by atoms with Crippen LogP contribution in [0.3, 0.4) is 0 Å². The standard InChI is InChI=1S/C27H38N4O6/c1-30-11-12-31-22(17-30)26(33)28-16-24-21(29-25(32)18-8-13-35-14-9-18)7-6-19(37-24)10-15-36-23-5-3-2-4-20(23)27(31)34/h2-5,18-19,21-22,24H,6-17H2,1H3,(H,28,33)(H,29,32)/t19-,21+,22-,24+/m0/s1. The molecular formula is C27H38N4O6. The third-order valence-corrected chi connectivity index (χ3v) is 7.97. The number of rotatable bonds is 2. The van der Waals surface area contributed by atoms with Crippen LogP contribution in [0.1, 0.15) is 42.5 Å². The summed E-state index contributed by atoms with van der Waals surface area (Å²) in [6.07, 6.45) is 3.25. The number of piperazine rings is 1. The third kappa shape index (κ3) is 6.08. The number of nitrogens with one attached hydrogen (secondary N) is 2. The molecule has 10 heteroatoms. The molecular weight excluding hydrogens is 476 g/mol. The van der Waals surface area contributed by atoms with Gasteiger partial charge in [-0.1, -0.05) is 12.1 Å². The summed E-state index contributed by atoms with van der Waals surface area (Å²) in [5.41, 5.74) is 0.472. The fourth-order valence-electron chi connectivity index (χ4n) is 5.72. The Kier molecular flexibility index (Phi) is 8.26. The maximum absolute atomic E-state index is 13.6. The second-order valence-electron chi connectivity index (χ2n) is 10.5. The fraction of sp³-hybridized carbons (Fsp3) is 0.667. The van der Waals surface area contributed by atoms with Crippen LogP contribution in [-0.4, -0.2) is 105 Å². The van der Waals surface area contributed by atoms with Crippen molar-refractivity contribution in [1.29, 1.82) is 0 Å². The molecule has 202 valence electrons. The summed E-state index contributed by atoms with van der Waals surface area (Å²) in [7, 11) is 1.95. The number of fused-ring (bicyclic) bond motifs is 4. The molecule has 3 fully saturated rings. The van der Waals surface area contributed by atoms with E-state index in [1.807, 2.05) is 19.2 Å². The van der Waals surface area contributed by atoms with Crippen LogP contribution in [0.2, 0.25) is 0 Å². The van der Waals surface area contributed by atoms with Gasteiger partial charge in [-0.15, -0.1) is 0 Å². The summed E-state index contributed by atoms with van der Waals surface area (Å²) in [6.45, 7) is 3.48. The van der Waals surface area contributed by atoms with Crippen LogP contribution in [0.5, 0.6) is 5.75 Å². The zero-order chi connectivity index (χ0) is 25.8. The molecule has 4 heterocycles. The molecule has 1 aromatic carbocycles. The molecule has 4 aliphatic heterocycles. The number of likely N-dealkylation sites (N-methyl/N-ethyl adjacent to an activating group) is 1. The quantitative estimate of drug-likeness (QED) is 0.601. The van der Waals surface area contributed by atoms with Crippen molar-refractivity contribution in [2.45, 2.75) is 56.4 Å². The maximum Gasteiger partial charge on any atom is 0.258 e. The Labute approximate surface area is 218 Å². The van der Waals surface area contributed by atoms with Crippen molar-refractivity contribution in [2.75, 3.05) is 53.0 Å². The Morgan fingerprint density at radius 1 is 1.03 bits per heavy atom. The van der Waals surface area contributed by atoms with Crippen molar-refractivity contribution >= 4 is 17.7 Å². The van der Waals surface area contributed by atoms with Crippen molar-refractivity contribution < 1.29 is 28.6 Å². The van der Waals surface area contributed by atoms with Crippen molar-refractivity contribution in [3.63, 3.8) is 0 Å². The van der Waals surface area contributed by atoms with Gasteiger partial charge >= 0.3 is 0 Å². The second-order valence-corrected chi connectivity index (χ2v) is 10.5. The summed E-state index contributed by atoms with van der Waals surface area (Å²) in [4.78, 5) is 43.7. The number of carbonyl (C=O) groups is 3. The molecule has 3 amide bonds. The number of nitrogens with zero attached hydrogens (tertiary/aromatic N) is 2. The molecule has 37 heavy (non-hydrogen) atoms. The van der Waals surface area contributed by atoms with E-state index in [4.69, 9.17) is 14.2 Å². The normalized spacial score (nSPS) is 30.2. The molecule has 4 aliphatic rings. The van der Waals surface area contributed by atoms with Crippen LogP contribution in [0, 0.1) is 5.92 Å². The first kappa shape index (κ1) is 25.9. The second kappa shape index (κ2) is 11.8. The minimum atomic E-state index is -0.628. The van der Waals surface area contributed by atoms with E-state index in [0.717, 1.165) is 25.7 Å². The Hall–Kier alpha value is -2.69. The Morgan fingerprint density at radius 2 is 1.84 bits per heavy atom. The van der Waals surface area contributed by atoms with E-state index in [2.05, 4.69) is 15.5 Å². The van der Waals surface area contributed by atoms with E-state index >= 15 is 0 Å². The first-order chi connectivity index (χ1) is 18.0. The van der Waals surface area contributed by atoms with Gasteiger partial charge in [0.15, 0.2) is 0 Å². The lowest BCUT2D eigenvalue weighted by Gasteiger charge is -2.41. The van der Waals surface area contributed by atoms with E-state index < -0.39 is 6.04 Å². The van der Waals surface area contributed by atoms with Crippen molar-refractivity contribution in [3.05, 3.63) is 29.8 Å². The Balaban J connectivity index is 1.35. The molecule has 10 nitrogen and oxygen atoms in total. The Morgan fingerprint density at radius 3 is 2.68 bits per heavy atom. The minimum Gasteiger partial charge on any atom is -0.493 e. The van der Waals surface area contributed by atoms with Gasteiger partial charge in [0.25, 0.3) is 5.91 Å². The van der Waals surface area contributed by atoms with Gasteiger partial charge in [0, 0.05) is 51.7 Å². The van der Waals surface area contributed by atoms with Gasteiger partial charge in [0.1, 0.15) is 11.8 Å². The molecule has 2 N–H and O–H groups in total. The largest absolute Gasteiger partial charge is 0.493 e. The van der Waals surface area contributed by atoms with E-state index in [9.17, 15) is 14.4 Å². The van der Waals surface area contributed by atoms with E-state index in [-0.39, 0.29) is 48.4 Å². The molecule has 0 aliphatic carbocycles. The van der Waals surface area contributed by atoms with Gasteiger partial charge in [-0.25, -0.2) is 0 Å². The van der Waals surface area contributed by atoms with Gasteiger partial charge in [-0.2, -0.15) is 0 Å². The monoisotopic (exact) mass is 514 g/mol. The highest BCUT2D eigenvalue weighted by atomic mass is 16.5. The number of amides is 3. The molecule has 0 spiro atoms. The average Bonchev–Trinajstić information content (AvgIpc) is 2.92. The van der Waals surface area contributed by atoms with Crippen LogP contribution < -0.4 is 15.4 Å². The van der Waals surface area contributed by atoms with Crippen molar-refractivity contribution in [2.24, 2.45) is 5.92 Å². The molecule has 1 aromatic rings. The van der Waals surface area contributed by atoms with Crippen molar-refractivity contribution in [1.82, 2.24) is 20.4 Å². The predicted molar refractivity (Wildman–Crippen MR) is 135 cm³/mol. The molecule has 0 unspecified atom stereocenters. The molecule has 5 rings (SSSR count). The summed E-state index contributed by atoms with van der Waals surface area (Å²) >= 11 is 0. The van der Waals surface area contributed by atoms with Crippen LogP contribution in [0.15, 0.2) is 24.3 Å². The number of hydrogen-bond acceptors (Lipinski definition) is 7. The van der Waals surface area contributed by atoms with E-state index in [1.165, 1.54) is 0 Å². The topological polar surface area (TPSA) is 109 Å². The van der Waals surface area contributed by atoms with Crippen LogP contribution in [0.4, 0.5) is 0 Å². The maximum atomic E-state index is 13.6. The zero-order valence-corrected chi connectivity index (χ0v) is 21.5. The molecule has 0 radical (unpaired) electrons. The van der Waals surface area contributed by atoms with E-state index in [1.54, 1.807) is 17.0 Å². The molecule has 4 atom stereocenters. The molecule has 0 aromatic heterocycles. The predicted octanol–water partition coefficient (Wildman–Crippen LogP) is 0.801. The number of benzene rings is 1. The lowest BCUT2D eigenvalue weighted by atomic mass is 9.94. The smallest absolute Gasteiger partial charge is 0.258 e. The number of carbonyl (C=O) groups excluding carboxylic acids is 3. The van der Waals surface area contributed by atoms with Gasteiger partial charge in [-0.3, -0.25) is 14.4 Å². The minimum absolute atomic E-state index is 0.0340. The zero-order valence-electron chi connectivity index (χ0n) is 21.5.